The molecule has 1 fully saturated rings. The largest absolute Gasteiger partial charge is 0.507 e. The molecule has 2 aromatic carbocycles. The molecule has 3 aromatic rings. The number of rotatable bonds is 7. The van der Waals surface area contributed by atoms with Crippen LogP contribution in [0.2, 0.25) is 5.02 Å². The highest BCUT2D eigenvalue weighted by atomic mass is 35.5. The van der Waals surface area contributed by atoms with Crippen LogP contribution in [-0.4, -0.2) is 61.3 Å². The molecule has 2 heterocycles. The minimum absolute atomic E-state index is 0.0764. The number of phenols is 1. The number of phenolic OH excluding ortho intramolecular Hbond substituents is 1. The van der Waals surface area contributed by atoms with Gasteiger partial charge in [0, 0.05) is 56.9 Å². The molecule has 36 heavy (non-hydrogen) atoms. The van der Waals surface area contributed by atoms with E-state index < -0.39 is 5.82 Å². The molecule has 188 valence electrons. The molecule has 0 saturated carbocycles. The summed E-state index contributed by atoms with van der Waals surface area (Å²) in [4.78, 5) is 21.3. The lowest BCUT2D eigenvalue weighted by Gasteiger charge is -2.32. The molecule has 0 spiro atoms. The molecule has 0 aliphatic carbocycles. The Morgan fingerprint density at radius 3 is 2.50 bits per heavy atom. The lowest BCUT2D eigenvalue weighted by molar-refractivity contribution is -0.106. The van der Waals surface area contributed by atoms with Crippen LogP contribution < -0.4 is 9.80 Å². The maximum absolute atomic E-state index is 14.8. The Morgan fingerprint density at radius 1 is 1.14 bits per heavy atom. The fourth-order valence-corrected chi connectivity index (χ4v) is 4.36. The lowest BCUT2D eigenvalue weighted by atomic mass is 9.97. The van der Waals surface area contributed by atoms with Crippen molar-refractivity contribution in [2.45, 2.75) is 13.0 Å². The number of ether oxygens (including phenoxy) is 1. The zero-order valence-electron chi connectivity index (χ0n) is 20.4. The highest BCUT2D eigenvalue weighted by Crippen LogP contribution is 2.41. The van der Waals surface area contributed by atoms with Crippen LogP contribution in [0.5, 0.6) is 5.75 Å². The van der Waals surface area contributed by atoms with Gasteiger partial charge in [-0.05, 0) is 54.4 Å². The van der Waals surface area contributed by atoms with Gasteiger partial charge in [0.15, 0.2) is 0 Å². The molecule has 7 nitrogen and oxygen atoms in total. The Bertz CT molecular complexity index is 1280. The fourth-order valence-electron chi connectivity index (χ4n) is 4.09. The molecule has 1 N–H and O–H groups in total. The highest BCUT2D eigenvalue weighted by Gasteiger charge is 2.20. The van der Waals surface area contributed by atoms with E-state index in [1.54, 1.807) is 47.8 Å². The third-order valence-corrected chi connectivity index (χ3v) is 6.17. The van der Waals surface area contributed by atoms with Crippen LogP contribution in [0.1, 0.15) is 6.92 Å². The summed E-state index contributed by atoms with van der Waals surface area (Å²) >= 11 is 6.49. The van der Waals surface area contributed by atoms with Crippen LogP contribution in [0.15, 0.2) is 61.1 Å². The quantitative estimate of drug-likeness (QED) is 0.444. The zero-order valence-corrected chi connectivity index (χ0v) is 21.1. The van der Waals surface area contributed by atoms with Crippen LogP contribution in [0, 0.1) is 5.82 Å². The summed E-state index contributed by atoms with van der Waals surface area (Å²) in [6.45, 7) is 4.01. The molecule has 1 aliphatic heterocycles. The number of amides is 1. The second-order valence-electron chi connectivity index (χ2n) is 8.82. The van der Waals surface area contributed by atoms with Gasteiger partial charge in [-0.15, -0.1) is 0 Å². The molecule has 1 unspecified atom stereocenters. The number of hydrogen-bond acceptors (Lipinski definition) is 6. The second kappa shape index (κ2) is 11.0. The maximum Gasteiger partial charge on any atom is 0.218 e. The van der Waals surface area contributed by atoms with Crippen molar-refractivity contribution in [3.8, 4) is 28.0 Å². The Morgan fingerprint density at radius 2 is 1.86 bits per heavy atom. The second-order valence-corrected chi connectivity index (χ2v) is 9.23. The van der Waals surface area contributed by atoms with Crippen molar-refractivity contribution < 1.29 is 19.0 Å². The number of carbonyl (C=O) groups is 1. The molecule has 4 rings (SSSR count). The van der Waals surface area contributed by atoms with Gasteiger partial charge in [-0.2, -0.15) is 0 Å². The van der Waals surface area contributed by atoms with Crippen LogP contribution in [0.3, 0.4) is 0 Å². The Kier molecular flexibility index (Phi) is 7.76. The first kappa shape index (κ1) is 25.5. The van der Waals surface area contributed by atoms with Gasteiger partial charge in [-0.1, -0.05) is 17.7 Å². The summed E-state index contributed by atoms with van der Waals surface area (Å²) in [6, 6.07) is 11.1. The zero-order chi connectivity index (χ0) is 25.8. The van der Waals surface area contributed by atoms with E-state index in [4.69, 9.17) is 16.3 Å². The van der Waals surface area contributed by atoms with Gasteiger partial charge in [0.1, 0.15) is 17.4 Å². The van der Waals surface area contributed by atoms with Crippen molar-refractivity contribution in [1.82, 2.24) is 9.88 Å². The number of hydrogen-bond donors (Lipinski definition) is 1. The molecule has 1 saturated heterocycles. The minimum atomic E-state index is -0.500. The van der Waals surface area contributed by atoms with E-state index in [9.17, 15) is 14.3 Å². The topological polar surface area (TPSA) is 69.1 Å². The molecule has 0 radical (unpaired) electrons. The van der Waals surface area contributed by atoms with Gasteiger partial charge in [0.25, 0.3) is 0 Å². The van der Waals surface area contributed by atoms with Crippen molar-refractivity contribution in [2.75, 3.05) is 43.6 Å². The Labute approximate surface area is 215 Å². The molecule has 9 heteroatoms. The van der Waals surface area contributed by atoms with E-state index in [0.29, 0.717) is 54.0 Å². The molecule has 1 aliphatic rings. The summed E-state index contributed by atoms with van der Waals surface area (Å²) in [6.07, 6.45) is 5.68. The van der Waals surface area contributed by atoms with Crippen LogP contribution in [-0.2, 0) is 9.53 Å². The van der Waals surface area contributed by atoms with Gasteiger partial charge in [-0.25, -0.2) is 9.37 Å². The third-order valence-electron chi connectivity index (χ3n) is 5.87. The van der Waals surface area contributed by atoms with Crippen molar-refractivity contribution in [1.29, 1.82) is 0 Å². The smallest absolute Gasteiger partial charge is 0.218 e. The molecular weight excluding hydrogens is 483 g/mol. The van der Waals surface area contributed by atoms with E-state index in [-0.39, 0.29) is 16.9 Å². The average Bonchev–Trinajstić information content (AvgIpc) is 2.86. The Balaban J connectivity index is 1.70. The number of carbonyl (C=O) groups excluding carboxylic acids is 1. The highest BCUT2D eigenvalue weighted by molar-refractivity contribution is 6.34. The fraction of sp³-hybridized carbons (Fsp3) is 0.259. The third kappa shape index (κ3) is 5.61. The molecule has 1 aromatic heterocycles. The standard InChI is InChI=1S/C27H28ClFN4O3/c1-18-16-32(10-11-36-18)26-13-20(6-7-30-26)23-15-21(29)14-22(27(23)35)19-4-5-25(24(28)12-19)33(17-34)9-8-31(2)3/h4-9,12-15,17-18,35H,10-11,16H2,1-3H3/b9-8-. The number of pyridine rings is 1. The SMILES string of the molecule is CC1CN(c2cc(-c3cc(F)cc(-c4ccc(N(C=O)/C=C\N(C)C)c(Cl)c4)c3O)ccn2)CCO1. The summed E-state index contributed by atoms with van der Waals surface area (Å²) in [5.74, 6) is 0.159. The summed E-state index contributed by atoms with van der Waals surface area (Å²) in [5, 5.41) is 11.5. The number of nitrogens with zero attached hydrogens (tertiary/aromatic N) is 4. The number of morpholine rings is 1. The van der Waals surface area contributed by atoms with Crippen molar-refractivity contribution in [3.63, 3.8) is 0 Å². The number of aromatic hydroxyl groups is 1. The predicted molar refractivity (Wildman–Crippen MR) is 141 cm³/mol. The van der Waals surface area contributed by atoms with Gasteiger partial charge < -0.3 is 19.6 Å². The first-order chi connectivity index (χ1) is 17.3. The van der Waals surface area contributed by atoms with Gasteiger partial charge >= 0.3 is 0 Å². The minimum Gasteiger partial charge on any atom is -0.507 e. The van der Waals surface area contributed by atoms with Crippen molar-refractivity contribution in [2.24, 2.45) is 0 Å². The number of aromatic nitrogens is 1. The van der Waals surface area contributed by atoms with Crippen molar-refractivity contribution >= 4 is 29.5 Å². The van der Waals surface area contributed by atoms with E-state index in [0.717, 1.165) is 5.82 Å². The monoisotopic (exact) mass is 510 g/mol. The summed E-state index contributed by atoms with van der Waals surface area (Å²) in [5.41, 5.74) is 2.25. The Hall–Kier alpha value is -3.62. The van der Waals surface area contributed by atoms with Gasteiger partial charge in [0.2, 0.25) is 6.41 Å². The van der Waals surface area contributed by atoms with E-state index in [2.05, 4.69) is 9.88 Å². The predicted octanol–water partition coefficient (Wildman–Crippen LogP) is 5.13. The summed E-state index contributed by atoms with van der Waals surface area (Å²) in [7, 11) is 3.67. The average molecular weight is 511 g/mol. The summed E-state index contributed by atoms with van der Waals surface area (Å²) < 4.78 is 20.4. The van der Waals surface area contributed by atoms with Crippen LogP contribution in [0.25, 0.3) is 22.3 Å². The number of halogens is 2. The molecular formula is C27H28ClFN4O3. The van der Waals surface area contributed by atoms with E-state index in [1.165, 1.54) is 17.0 Å². The molecule has 1 atom stereocenters. The lowest BCUT2D eigenvalue weighted by Crippen LogP contribution is -2.41. The van der Waals surface area contributed by atoms with Crippen LogP contribution in [0.4, 0.5) is 15.9 Å². The number of anilines is 2. The normalized spacial score (nSPS) is 15.8. The first-order valence-corrected chi connectivity index (χ1v) is 11.9. The number of benzene rings is 2. The molecule has 0 bridgehead atoms. The maximum atomic E-state index is 14.8. The van der Waals surface area contributed by atoms with E-state index >= 15 is 0 Å². The van der Waals surface area contributed by atoms with Crippen LogP contribution >= 0.6 is 11.6 Å². The van der Waals surface area contributed by atoms with Crippen molar-refractivity contribution in [3.05, 3.63) is 71.9 Å². The van der Waals surface area contributed by atoms with E-state index in [1.807, 2.05) is 27.1 Å². The van der Waals surface area contributed by atoms with Gasteiger partial charge in [0.05, 0.1) is 23.4 Å². The van der Waals surface area contributed by atoms with Gasteiger partial charge in [-0.3, -0.25) is 9.69 Å². The molecule has 1 amide bonds. The first-order valence-electron chi connectivity index (χ1n) is 11.5.